The van der Waals surface area contributed by atoms with Crippen molar-refractivity contribution in [1.82, 2.24) is 29.4 Å². The van der Waals surface area contributed by atoms with Gasteiger partial charge in [-0.1, -0.05) is 57.7 Å². The van der Waals surface area contributed by atoms with Crippen molar-refractivity contribution in [3.05, 3.63) is 69.8 Å². The molecule has 0 radical (unpaired) electrons. The predicted octanol–water partition coefficient (Wildman–Crippen LogP) is 10.5. The monoisotopic (exact) mass is 929 g/mol. The zero-order chi connectivity index (χ0) is 47.3. The highest BCUT2D eigenvalue weighted by Crippen LogP contribution is 2.53. The molecule has 69 heavy (non-hydrogen) atoms. The first-order chi connectivity index (χ1) is 33.9. The molecule has 7 aromatic rings. The normalized spacial score (nSPS) is 19.3. The molecule has 10 heteroatoms. The lowest BCUT2D eigenvalue weighted by Crippen LogP contribution is -2.45. The fraction of sp³-hybridized carbons (Fsp3) is 0.525. The number of amides is 4. The molecule has 12 rings (SSSR count). The highest BCUT2D eigenvalue weighted by atomic mass is 16.2. The summed E-state index contributed by atoms with van der Waals surface area (Å²) in [7, 11) is 0. The number of likely N-dealkylation sites (tertiary alicyclic amines) is 4. The SMILES string of the molecule is CC.Cc1cc2cc(CCN3CCCCC3)c3cc4c5c(cc6cc(CCN7CCCCC7)c7cc(C(=O)N(C=O)CCN8CCCCC8)c1c1c2c3c5c6c71)C(=O)N(CCN1CCCCC1)C4=O. The highest BCUT2D eigenvalue weighted by Gasteiger charge is 2.38. The number of hydrogen-bond acceptors (Lipinski definition) is 8. The van der Waals surface area contributed by atoms with Gasteiger partial charge in [-0.15, -0.1) is 0 Å². The van der Waals surface area contributed by atoms with E-state index in [1.165, 1.54) is 61.8 Å². The molecule has 0 spiro atoms. The molecule has 0 unspecified atom stereocenters. The van der Waals surface area contributed by atoms with E-state index in [0.717, 1.165) is 186 Å². The average molecular weight is 929 g/mol. The third-order valence-electron chi connectivity index (χ3n) is 17.0. The van der Waals surface area contributed by atoms with Crippen molar-refractivity contribution in [2.24, 2.45) is 0 Å². The Morgan fingerprint density at radius 3 is 1.46 bits per heavy atom. The summed E-state index contributed by atoms with van der Waals surface area (Å²) in [5.41, 5.74) is 5.24. The van der Waals surface area contributed by atoms with Gasteiger partial charge < -0.3 is 19.6 Å². The lowest BCUT2D eigenvalue weighted by atomic mass is 9.76. The molecule has 4 fully saturated rings. The first-order valence-electron chi connectivity index (χ1n) is 27.1. The molecule has 0 N–H and O–H groups in total. The lowest BCUT2D eigenvalue weighted by Gasteiger charge is -2.33. The van der Waals surface area contributed by atoms with Crippen molar-refractivity contribution >= 4 is 88.8 Å². The van der Waals surface area contributed by atoms with Gasteiger partial charge in [0.05, 0.1) is 0 Å². The number of benzene rings is 7. The molecule has 5 aliphatic rings. The second-order valence-electron chi connectivity index (χ2n) is 21.1. The molecule has 0 bridgehead atoms. The maximum Gasteiger partial charge on any atom is 0.261 e. The van der Waals surface area contributed by atoms with Crippen LogP contribution in [0, 0.1) is 6.92 Å². The van der Waals surface area contributed by atoms with E-state index in [0.29, 0.717) is 42.9 Å². The van der Waals surface area contributed by atoms with E-state index in [9.17, 15) is 4.79 Å². The van der Waals surface area contributed by atoms with Crippen LogP contribution in [0.3, 0.4) is 0 Å². The van der Waals surface area contributed by atoms with Gasteiger partial charge in [0.15, 0.2) is 0 Å². The van der Waals surface area contributed by atoms with Crippen molar-refractivity contribution in [3.63, 3.8) is 0 Å². The van der Waals surface area contributed by atoms with Gasteiger partial charge in [-0.3, -0.25) is 29.0 Å². The molecule has 5 aliphatic heterocycles. The second kappa shape index (κ2) is 19.7. The Morgan fingerprint density at radius 1 is 0.493 bits per heavy atom. The Hall–Kier alpha value is -5.00. The van der Waals surface area contributed by atoms with Gasteiger partial charge in [0.25, 0.3) is 17.7 Å². The number of carbonyl (C=O) groups excluding carboxylic acids is 4. The summed E-state index contributed by atoms with van der Waals surface area (Å²) < 4.78 is 0. The van der Waals surface area contributed by atoms with Crippen LogP contribution in [-0.4, -0.2) is 145 Å². The van der Waals surface area contributed by atoms with Gasteiger partial charge in [-0.25, -0.2) is 0 Å². The van der Waals surface area contributed by atoms with E-state index >= 15 is 14.4 Å². The molecule has 362 valence electrons. The fourth-order valence-electron chi connectivity index (χ4n) is 13.5. The summed E-state index contributed by atoms with van der Waals surface area (Å²) in [5.74, 6) is -0.626. The van der Waals surface area contributed by atoms with Crippen LogP contribution in [-0.2, 0) is 17.6 Å². The summed E-state index contributed by atoms with van der Waals surface area (Å²) in [6.45, 7) is 18.5. The van der Waals surface area contributed by atoms with E-state index in [4.69, 9.17) is 0 Å². The Kier molecular flexibility index (Phi) is 13.2. The summed E-state index contributed by atoms with van der Waals surface area (Å²) in [6.07, 6.45) is 16.9. The smallest absolute Gasteiger partial charge is 0.261 e. The molecule has 10 nitrogen and oxygen atoms in total. The van der Waals surface area contributed by atoms with Crippen LogP contribution in [0.4, 0.5) is 0 Å². The first kappa shape index (κ1) is 46.4. The quantitative estimate of drug-likeness (QED) is 0.0461. The number of carbonyl (C=O) groups is 4. The van der Waals surface area contributed by atoms with Crippen LogP contribution in [0.5, 0.6) is 0 Å². The number of imide groups is 2. The van der Waals surface area contributed by atoms with Crippen molar-refractivity contribution in [2.75, 3.05) is 91.6 Å². The predicted molar refractivity (Wildman–Crippen MR) is 282 cm³/mol. The maximum absolute atomic E-state index is 15.2. The van der Waals surface area contributed by atoms with E-state index in [2.05, 4.69) is 62.9 Å². The number of rotatable bonds is 14. The minimum Gasteiger partial charge on any atom is -0.303 e. The Morgan fingerprint density at radius 2 is 0.942 bits per heavy atom. The molecule has 5 heterocycles. The molecular formula is C59H72N6O4. The standard InChI is InChI=1S/C57H66N6O4.C2H6/c1-37-30-40-31-38(14-24-58-16-6-2-7-17-58)43-35-46-50-44(56(66)63(57(46)67)29-27-61-22-12-5-13-23-61)33-41-32-39(15-25-59-18-8-3-9-19-59)42-34-45(47(37)53-48(40)52(43)54(50)49(41)51(42)53)55(65)62(36-64)28-26-60-20-10-4-11-21-60;1-2/h30-36H,2-29H2,1H3;1-2H3. The van der Waals surface area contributed by atoms with Crippen LogP contribution in [0.15, 0.2) is 36.4 Å². The van der Waals surface area contributed by atoms with E-state index in [1.54, 1.807) is 4.90 Å². The lowest BCUT2D eigenvalue weighted by molar-refractivity contribution is -0.116. The molecule has 4 amide bonds. The van der Waals surface area contributed by atoms with Crippen molar-refractivity contribution < 1.29 is 19.2 Å². The van der Waals surface area contributed by atoms with Gasteiger partial charge in [0, 0.05) is 66.7 Å². The summed E-state index contributed by atoms with van der Waals surface area (Å²) in [4.78, 5) is 71.3. The molecule has 4 saturated heterocycles. The van der Waals surface area contributed by atoms with Gasteiger partial charge in [-0.05, 0) is 212 Å². The van der Waals surface area contributed by atoms with Crippen molar-refractivity contribution in [2.45, 2.75) is 111 Å². The van der Waals surface area contributed by atoms with Crippen molar-refractivity contribution in [1.29, 1.82) is 0 Å². The molecule has 0 aromatic heterocycles. The third-order valence-corrected chi connectivity index (χ3v) is 17.0. The topological polar surface area (TPSA) is 87.7 Å². The van der Waals surface area contributed by atoms with Crippen LogP contribution in [0.25, 0.3) is 64.6 Å². The Balaban J connectivity index is 0.00000257. The van der Waals surface area contributed by atoms with Gasteiger partial charge in [-0.2, -0.15) is 0 Å². The molecule has 0 saturated carbocycles. The minimum absolute atomic E-state index is 0.188. The largest absolute Gasteiger partial charge is 0.303 e. The summed E-state index contributed by atoms with van der Waals surface area (Å²) in [6, 6.07) is 13.3. The van der Waals surface area contributed by atoms with E-state index < -0.39 is 0 Å². The highest BCUT2D eigenvalue weighted by molar-refractivity contribution is 6.49. The van der Waals surface area contributed by atoms with E-state index in [-0.39, 0.29) is 17.7 Å². The summed E-state index contributed by atoms with van der Waals surface area (Å²) in [5, 5.41) is 12.4. The number of nitrogens with zero attached hydrogens (tertiary/aromatic N) is 6. The van der Waals surface area contributed by atoms with Crippen LogP contribution >= 0.6 is 0 Å². The van der Waals surface area contributed by atoms with E-state index in [1.807, 2.05) is 13.8 Å². The fourth-order valence-corrected chi connectivity index (χ4v) is 13.5. The van der Waals surface area contributed by atoms with Crippen LogP contribution in [0.2, 0.25) is 0 Å². The number of aryl methyl sites for hydroxylation is 1. The average Bonchev–Trinajstić information content (AvgIpc) is 3.39. The zero-order valence-electron chi connectivity index (χ0n) is 41.7. The summed E-state index contributed by atoms with van der Waals surface area (Å²) >= 11 is 0. The maximum atomic E-state index is 15.2. The molecular weight excluding hydrogens is 857 g/mol. The van der Waals surface area contributed by atoms with Crippen LogP contribution < -0.4 is 0 Å². The van der Waals surface area contributed by atoms with Gasteiger partial charge in [0.2, 0.25) is 6.41 Å². The third kappa shape index (κ3) is 8.21. The zero-order valence-corrected chi connectivity index (χ0v) is 41.7. The minimum atomic E-state index is -0.246. The molecule has 0 atom stereocenters. The number of piperidine rings is 4. The van der Waals surface area contributed by atoms with Gasteiger partial charge in [0.1, 0.15) is 0 Å². The first-order valence-corrected chi connectivity index (χ1v) is 27.1. The van der Waals surface area contributed by atoms with Crippen LogP contribution in [0.1, 0.15) is 139 Å². The Labute approximate surface area is 407 Å². The Bertz CT molecular complexity index is 3030. The second-order valence-corrected chi connectivity index (χ2v) is 21.1. The number of hydrogen-bond donors (Lipinski definition) is 0. The van der Waals surface area contributed by atoms with Crippen molar-refractivity contribution in [3.8, 4) is 0 Å². The molecule has 7 aromatic carbocycles. The van der Waals surface area contributed by atoms with Gasteiger partial charge >= 0.3 is 0 Å². The molecule has 0 aliphatic carbocycles.